The fraction of sp³-hybridized carbons (Fsp3) is 0.333. The van der Waals surface area contributed by atoms with Crippen molar-refractivity contribution in [3.63, 3.8) is 0 Å². The van der Waals surface area contributed by atoms with Gasteiger partial charge in [0.1, 0.15) is 12.3 Å². The van der Waals surface area contributed by atoms with Crippen LogP contribution in [0.25, 0.3) is 0 Å². The molecule has 7 heteroatoms. The number of alkyl halides is 5. The van der Waals surface area contributed by atoms with Gasteiger partial charge >= 0.3 is 12.8 Å². The van der Waals surface area contributed by atoms with Gasteiger partial charge in [0.05, 0.1) is 5.69 Å². The number of nitrogens with one attached hydrogen (secondary N) is 1. The first-order chi connectivity index (χ1) is 7.38. The molecule has 0 fully saturated rings. The zero-order valence-electron chi connectivity index (χ0n) is 7.89. The molecular weight excluding hydrogens is 233 g/mol. The highest BCUT2D eigenvalue weighted by Crippen LogP contribution is 2.26. The van der Waals surface area contributed by atoms with Crippen molar-refractivity contribution in [2.24, 2.45) is 0 Å². The first-order valence-electron chi connectivity index (χ1n) is 4.23. The number of hydrogen-bond donors (Lipinski definition) is 1. The van der Waals surface area contributed by atoms with Gasteiger partial charge in [-0.25, -0.2) is 0 Å². The molecule has 0 spiro atoms. The van der Waals surface area contributed by atoms with Gasteiger partial charge in [-0.15, -0.1) is 0 Å². The highest BCUT2D eigenvalue weighted by atomic mass is 19.4. The van der Waals surface area contributed by atoms with Crippen LogP contribution in [0.5, 0.6) is 5.75 Å². The summed E-state index contributed by atoms with van der Waals surface area (Å²) >= 11 is 0. The van der Waals surface area contributed by atoms with E-state index in [0.29, 0.717) is 0 Å². The van der Waals surface area contributed by atoms with Crippen LogP contribution in [0, 0.1) is 0 Å². The molecule has 16 heavy (non-hydrogen) atoms. The first kappa shape index (κ1) is 12.5. The number of halogens is 5. The maximum Gasteiger partial charge on any atom is 0.405 e. The molecule has 0 saturated heterocycles. The second-order valence-corrected chi connectivity index (χ2v) is 2.84. The zero-order valence-corrected chi connectivity index (χ0v) is 7.89. The summed E-state index contributed by atoms with van der Waals surface area (Å²) in [5, 5.41) is 1.98. The highest BCUT2D eigenvalue weighted by Gasteiger charge is 2.27. The molecule has 0 heterocycles. The van der Waals surface area contributed by atoms with Gasteiger partial charge in [0.25, 0.3) is 0 Å². The topological polar surface area (TPSA) is 21.3 Å². The molecule has 0 saturated carbocycles. The Labute approximate surface area is 88.0 Å². The largest absolute Gasteiger partial charge is 0.433 e. The van der Waals surface area contributed by atoms with E-state index in [-0.39, 0.29) is 11.4 Å². The predicted molar refractivity (Wildman–Crippen MR) is 47.6 cm³/mol. The second kappa shape index (κ2) is 5.00. The molecule has 0 atom stereocenters. The van der Waals surface area contributed by atoms with Crippen LogP contribution in [-0.4, -0.2) is 19.3 Å². The molecule has 0 radical (unpaired) electrons. The van der Waals surface area contributed by atoms with Crippen LogP contribution in [0.1, 0.15) is 0 Å². The Hall–Kier alpha value is -1.53. The van der Waals surface area contributed by atoms with Crippen LogP contribution in [0.4, 0.5) is 27.6 Å². The molecule has 1 N–H and O–H groups in total. The molecule has 1 rings (SSSR count). The molecule has 2 nitrogen and oxygen atoms in total. The van der Waals surface area contributed by atoms with E-state index in [9.17, 15) is 22.0 Å². The van der Waals surface area contributed by atoms with Crippen molar-refractivity contribution < 1.29 is 26.7 Å². The molecule has 0 aliphatic rings. The standard InChI is InChI=1S/C9H8F5NO/c10-8(11)16-7-4-2-1-3-6(7)15-5-9(12,13)14/h1-4,8,15H,5H2. The molecule has 0 aromatic heterocycles. The van der Waals surface area contributed by atoms with E-state index in [4.69, 9.17) is 0 Å². The fourth-order valence-electron chi connectivity index (χ4n) is 1.01. The minimum Gasteiger partial charge on any atom is -0.433 e. The van der Waals surface area contributed by atoms with Crippen molar-refractivity contribution in [1.82, 2.24) is 0 Å². The molecule has 0 amide bonds. The van der Waals surface area contributed by atoms with Crippen molar-refractivity contribution in [3.05, 3.63) is 24.3 Å². The maximum atomic E-state index is 11.9. The summed E-state index contributed by atoms with van der Waals surface area (Å²) in [6.07, 6.45) is -4.42. The van der Waals surface area contributed by atoms with E-state index < -0.39 is 19.3 Å². The summed E-state index contributed by atoms with van der Waals surface area (Å²) in [4.78, 5) is 0. The Morgan fingerprint density at radius 2 is 1.81 bits per heavy atom. The van der Waals surface area contributed by atoms with Gasteiger partial charge in [-0.1, -0.05) is 12.1 Å². The van der Waals surface area contributed by atoms with Crippen molar-refractivity contribution in [2.45, 2.75) is 12.8 Å². The van der Waals surface area contributed by atoms with Crippen molar-refractivity contribution in [2.75, 3.05) is 11.9 Å². The Bertz CT molecular complexity index is 339. The lowest BCUT2D eigenvalue weighted by Gasteiger charge is -2.13. The lowest BCUT2D eigenvalue weighted by atomic mass is 10.3. The molecule has 1 aromatic rings. The minimum atomic E-state index is -4.42. The monoisotopic (exact) mass is 241 g/mol. The summed E-state index contributed by atoms with van der Waals surface area (Å²) in [6.45, 7) is -4.38. The van der Waals surface area contributed by atoms with Crippen LogP contribution >= 0.6 is 0 Å². The Kier molecular flexibility index (Phi) is 3.92. The second-order valence-electron chi connectivity index (χ2n) is 2.84. The van der Waals surface area contributed by atoms with Gasteiger partial charge in [-0.05, 0) is 12.1 Å². The molecule has 0 aliphatic carbocycles. The number of para-hydroxylation sites is 2. The normalized spacial score (nSPS) is 11.6. The SMILES string of the molecule is FC(F)Oc1ccccc1NCC(F)(F)F. The average Bonchev–Trinajstić information content (AvgIpc) is 2.14. The Morgan fingerprint density at radius 3 is 2.38 bits per heavy atom. The molecule has 0 aliphatic heterocycles. The predicted octanol–water partition coefficient (Wildman–Crippen LogP) is 3.26. The summed E-state index contributed by atoms with van der Waals surface area (Å²) < 4.78 is 63.5. The van der Waals surface area contributed by atoms with Gasteiger partial charge < -0.3 is 10.1 Å². The zero-order chi connectivity index (χ0) is 12.2. The minimum absolute atomic E-state index is 0.125. The van der Waals surface area contributed by atoms with Crippen molar-refractivity contribution in [1.29, 1.82) is 0 Å². The van der Waals surface area contributed by atoms with E-state index in [2.05, 4.69) is 4.74 Å². The number of hydrogen-bond acceptors (Lipinski definition) is 2. The average molecular weight is 241 g/mol. The summed E-state index contributed by atoms with van der Waals surface area (Å²) in [6, 6.07) is 5.18. The van der Waals surface area contributed by atoms with Gasteiger partial charge in [-0.3, -0.25) is 0 Å². The third-order valence-corrected chi connectivity index (χ3v) is 1.58. The van der Waals surface area contributed by atoms with Gasteiger partial charge in [0.15, 0.2) is 0 Å². The summed E-state index contributed by atoms with van der Waals surface area (Å²) in [5.41, 5.74) is -0.125. The molecule has 90 valence electrons. The van der Waals surface area contributed by atoms with E-state index in [1.807, 2.05) is 5.32 Å². The van der Waals surface area contributed by atoms with Gasteiger partial charge in [0.2, 0.25) is 0 Å². The molecule has 1 aromatic carbocycles. The third-order valence-electron chi connectivity index (χ3n) is 1.58. The fourth-order valence-corrected chi connectivity index (χ4v) is 1.01. The maximum absolute atomic E-state index is 11.9. The number of ether oxygens (including phenoxy) is 1. The highest BCUT2D eigenvalue weighted by molar-refractivity contribution is 5.56. The van der Waals surface area contributed by atoms with Crippen LogP contribution in [-0.2, 0) is 0 Å². The first-order valence-corrected chi connectivity index (χ1v) is 4.23. The molecule has 0 bridgehead atoms. The number of anilines is 1. The molecule has 0 unspecified atom stereocenters. The Balaban J connectivity index is 2.71. The van der Waals surface area contributed by atoms with Crippen LogP contribution in [0.15, 0.2) is 24.3 Å². The van der Waals surface area contributed by atoms with Crippen LogP contribution in [0.3, 0.4) is 0 Å². The number of rotatable bonds is 4. The number of benzene rings is 1. The van der Waals surface area contributed by atoms with Crippen molar-refractivity contribution >= 4 is 5.69 Å². The van der Waals surface area contributed by atoms with Crippen LogP contribution in [0.2, 0.25) is 0 Å². The van der Waals surface area contributed by atoms with Crippen LogP contribution < -0.4 is 10.1 Å². The summed E-state index contributed by atoms with van der Waals surface area (Å²) in [5.74, 6) is -0.318. The van der Waals surface area contributed by atoms with Gasteiger partial charge in [0, 0.05) is 0 Å². The Morgan fingerprint density at radius 1 is 1.19 bits per heavy atom. The third kappa shape index (κ3) is 4.33. The van der Waals surface area contributed by atoms with E-state index in [1.165, 1.54) is 18.2 Å². The lowest BCUT2D eigenvalue weighted by Crippen LogP contribution is -2.21. The summed E-state index contributed by atoms with van der Waals surface area (Å²) in [7, 11) is 0. The quantitative estimate of drug-likeness (QED) is 0.817. The van der Waals surface area contributed by atoms with E-state index in [1.54, 1.807) is 0 Å². The smallest absolute Gasteiger partial charge is 0.405 e. The van der Waals surface area contributed by atoms with Crippen molar-refractivity contribution in [3.8, 4) is 5.75 Å². The lowest BCUT2D eigenvalue weighted by molar-refractivity contribution is -0.115. The molecular formula is C9H8F5NO. The van der Waals surface area contributed by atoms with Gasteiger partial charge in [-0.2, -0.15) is 22.0 Å². The van der Waals surface area contributed by atoms with E-state index >= 15 is 0 Å². The van der Waals surface area contributed by atoms with E-state index in [0.717, 1.165) is 6.07 Å².